The predicted octanol–water partition coefficient (Wildman–Crippen LogP) is 0.541. The summed E-state index contributed by atoms with van der Waals surface area (Å²) in [5.74, 6) is 0.593. The van der Waals surface area contributed by atoms with Gasteiger partial charge in [0.15, 0.2) is 0 Å². The molecule has 21 heavy (non-hydrogen) atoms. The van der Waals surface area contributed by atoms with Crippen molar-refractivity contribution >= 4 is 15.9 Å². The SMILES string of the molecule is Cn1cc(NS(=O)(=O)N2CCC(CNC3CC3)CC2)cn1. The Labute approximate surface area is 125 Å². The number of hydrogen-bond acceptors (Lipinski definition) is 4. The van der Waals surface area contributed by atoms with Crippen LogP contribution in [0.1, 0.15) is 25.7 Å². The van der Waals surface area contributed by atoms with E-state index in [0.29, 0.717) is 24.7 Å². The van der Waals surface area contributed by atoms with Gasteiger partial charge in [0.05, 0.1) is 11.9 Å². The van der Waals surface area contributed by atoms with Gasteiger partial charge in [-0.15, -0.1) is 0 Å². The highest BCUT2D eigenvalue weighted by Crippen LogP contribution is 2.23. The van der Waals surface area contributed by atoms with Gasteiger partial charge in [-0.1, -0.05) is 0 Å². The maximum Gasteiger partial charge on any atom is 0.301 e. The lowest BCUT2D eigenvalue weighted by atomic mass is 9.98. The van der Waals surface area contributed by atoms with Crippen LogP contribution in [-0.2, 0) is 17.3 Å². The third kappa shape index (κ3) is 3.96. The molecule has 1 saturated heterocycles. The second-order valence-electron chi connectivity index (χ2n) is 6.03. The largest absolute Gasteiger partial charge is 0.314 e. The monoisotopic (exact) mass is 313 g/mol. The Balaban J connectivity index is 1.50. The minimum atomic E-state index is -3.46. The molecular formula is C13H23N5O2S. The smallest absolute Gasteiger partial charge is 0.301 e. The summed E-state index contributed by atoms with van der Waals surface area (Å²) in [7, 11) is -1.70. The van der Waals surface area contributed by atoms with Gasteiger partial charge in [-0.25, -0.2) is 0 Å². The third-order valence-corrected chi connectivity index (χ3v) is 5.68. The summed E-state index contributed by atoms with van der Waals surface area (Å²) in [5, 5.41) is 7.50. The van der Waals surface area contributed by atoms with E-state index in [-0.39, 0.29) is 0 Å². The van der Waals surface area contributed by atoms with Crippen LogP contribution in [0.25, 0.3) is 0 Å². The Morgan fingerprint density at radius 3 is 2.57 bits per heavy atom. The molecule has 0 bridgehead atoms. The van der Waals surface area contributed by atoms with Crippen molar-refractivity contribution in [1.82, 2.24) is 19.4 Å². The highest BCUT2D eigenvalue weighted by molar-refractivity contribution is 7.90. The predicted molar refractivity (Wildman–Crippen MR) is 81.1 cm³/mol. The first-order valence-electron chi connectivity index (χ1n) is 7.53. The molecule has 0 amide bonds. The number of nitrogens with one attached hydrogen (secondary N) is 2. The van der Waals surface area contributed by atoms with E-state index in [9.17, 15) is 8.42 Å². The van der Waals surface area contributed by atoms with Gasteiger partial charge in [0.1, 0.15) is 0 Å². The number of hydrogen-bond donors (Lipinski definition) is 2. The van der Waals surface area contributed by atoms with Gasteiger partial charge < -0.3 is 5.32 Å². The van der Waals surface area contributed by atoms with Crippen molar-refractivity contribution in [3.8, 4) is 0 Å². The second kappa shape index (κ2) is 5.94. The van der Waals surface area contributed by atoms with Crippen LogP contribution >= 0.6 is 0 Å². The van der Waals surface area contributed by atoms with Crippen LogP contribution in [0.5, 0.6) is 0 Å². The molecule has 0 radical (unpaired) electrons. The summed E-state index contributed by atoms with van der Waals surface area (Å²) in [6.07, 6.45) is 7.61. The standard InChI is InChI=1S/C13H23N5O2S/c1-17-10-13(9-15-17)16-21(19,20)18-6-4-11(5-7-18)8-14-12-2-3-12/h9-12,14,16H,2-8H2,1H3. The number of aryl methyl sites for hydroxylation is 1. The Hall–Kier alpha value is -1.12. The number of rotatable bonds is 6. The van der Waals surface area contributed by atoms with Crippen molar-refractivity contribution in [2.75, 3.05) is 24.4 Å². The maximum atomic E-state index is 12.3. The molecule has 2 N–H and O–H groups in total. The molecule has 0 aromatic carbocycles. The number of anilines is 1. The molecule has 2 fully saturated rings. The first-order valence-corrected chi connectivity index (χ1v) is 8.97. The topological polar surface area (TPSA) is 79.3 Å². The number of piperidine rings is 1. The van der Waals surface area contributed by atoms with E-state index in [1.807, 2.05) is 0 Å². The summed E-state index contributed by atoms with van der Waals surface area (Å²) in [4.78, 5) is 0. The molecule has 2 aliphatic rings. The summed E-state index contributed by atoms with van der Waals surface area (Å²) < 4.78 is 30.3. The average Bonchev–Trinajstić information content (AvgIpc) is 3.20. The molecule has 7 nitrogen and oxygen atoms in total. The lowest BCUT2D eigenvalue weighted by Gasteiger charge is -2.31. The molecular weight excluding hydrogens is 290 g/mol. The summed E-state index contributed by atoms with van der Waals surface area (Å²) in [6, 6.07) is 0.721. The molecule has 0 unspecified atom stereocenters. The quantitative estimate of drug-likeness (QED) is 0.803. The van der Waals surface area contributed by atoms with E-state index < -0.39 is 10.2 Å². The van der Waals surface area contributed by atoms with Crippen molar-refractivity contribution in [3.63, 3.8) is 0 Å². The summed E-state index contributed by atoms with van der Waals surface area (Å²) in [6.45, 7) is 2.20. The molecule has 8 heteroatoms. The fourth-order valence-corrected chi connectivity index (χ4v) is 3.89. The molecule has 0 atom stereocenters. The highest BCUT2D eigenvalue weighted by atomic mass is 32.2. The molecule has 2 heterocycles. The Kier molecular flexibility index (Phi) is 4.19. The molecule has 1 saturated carbocycles. The Bertz CT molecular complexity index is 573. The van der Waals surface area contributed by atoms with Crippen molar-refractivity contribution in [1.29, 1.82) is 0 Å². The van der Waals surface area contributed by atoms with Gasteiger partial charge in [0.2, 0.25) is 0 Å². The number of nitrogens with zero attached hydrogens (tertiary/aromatic N) is 3. The van der Waals surface area contributed by atoms with Gasteiger partial charge in [-0.2, -0.15) is 17.8 Å². The zero-order valence-corrected chi connectivity index (χ0v) is 13.1. The summed E-state index contributed by atoms with van der Waals surface area (Å²) in [5.41, 5.74) is 0.509. The normalized spacial score (nSPS) is 21.6. The Morgan fingerprint density at radius 2 is 2.00 bits per heavy atom. The van der Waals surface area contributed by atoms with Gasteiger partial charge in [-0.3, -0.25) is 9.40 Å². The van der Waals surface area contributed by atoms with Gasteiger partial charge >= 0.3 is 10.2 Å². The van der Waals surface area contributed by atoms with Crippen molar-refractivity contribution in [2.45, 2.75) is 31.7 Å². The van der Waals surface area contributed by atoms with Crippen LogP contribution in [-0.4, -0.2) is 48.2 Å². The van der Waals surface area contributed by atoms with Crippen molar-refractivity contribution in [2.24, 2.45) is 13.0 Å². The maximum absolute atomic E-state index is 12.3. The van der Waals surface area contributed by atoms with E-state index in [4.69, 9.17) is 0 Å². The van der Waals surface area contributed by atoms with Crippen LogP contribution < -0.4 is 10.0 Å². The Morgan fingerprint density at radius 1 is 1.29 bits per heavy atom. The molecule has 1 aromatic rings. The van der Waals surface area contributed by atoms with Crippen LogP contribution in [0, 0.1) is 5.92 Å². The van der Waals surface area contributed by atoms with Crippen molar-refractivity contribution in [3.05, 3.63) is 12.4 Å². The fraction of sp³-hybridized carbons (Fsp3) is 0.769. The van der Waals surface area contributed by atoms with Crippen LogP contribution in [0.3, 0.4) is 0 Å². The lowest BCUT2D eigenvalue weighted by molar-refractivity contribution is 0.268. The molecule has 1 aliphatic carbocycles. The van der Waals surface area contributed by atoms with Crippen molar-refractivity contribution < 1.29 is 8.42 Å². The van der Waals surface area contributed by atoms with Crippen LogP contribution in [0.4, 0.5) is 5.69 Å². The first kappa shape index (κ1) is 14.8. The second-order valence-corrected chi connectivity index (χ2v) is 7.71. The van der Waals surface area contributed by atoms with E-state index in [0.717, 1.165) is 25.4 Å². The minimum absolute atomic E-state index is 0.509. The van der Waals surface area contributed by atoms with Gasteiger partial charge in [0, 0.05) is 32.4 Å². The molecule has 118 valence electrons. The van der Waals surface area contributed by atoms with Gasteiger partial charge in [-0.05, 0) is 38.1 Å². The molecule has 0 spiro atoms. The zero-order valence-electron chi connectivity index (χ0n) is 12.3. The van der Waals surface area contributed by atoms with E-state index in [1.54, 1.807) is 17.9 Å². The lowest BCUT2D eigenvalue weighted by Crippen LogP contribution is -2.43. The highest BCUT2D eigenvalue weighted by Gasteiger charge is 2.29. The van der Waals surface area contributed by atoms with E-state index in [2.05, 4.69) is 15.1 Å². The van der Waals surface area contributed by atoms with E-state index in [1.165, 1.54) is 23.3 Å². The van der Waals surface area contributed by atoms with E-state index >= 15 is 0 Å². The minimum Gasteiger partial charge on any atom is -0.314 e. The molecule has 1 aliphatic heterocycles. The first-order chi connectivity index (χ1) is 10.0. The average molecular weight is 313 g/mol. The van der Waals surface area contributed by atoms with Crippen LogP contribution in [0.2, 0.25) is 0 Å². The summed E-state index contributed by atoms with van der Waals surface area (Å²) >= 11 is 0. The van der Waals surface area contributed by atoms with Gasteiger partial charge in [0.25, 0.3) is 0 Å². The number of aromatic nitrogens is 2. The van der Waals surface area contributed by atoms with Crippen LogP contribution in [0.15, 0.2) is 12.4 Å². The fourth-order valence-electron chi connectivity index (χ4n) is 2.66. The molecule has 3 rings (SSSR count). The molecule has 1 aromatic heterocycles. The zero-order chi connectivity index (χ0) is 14.9. The third-order valence-electron chi connectivity index (χ3n) is 4.14.